The molecule has 0 aliphatic carbocycles. The van der Waals surface area contributed by atoms with Crippen LogP contribution in [0, 0.1) is 0 Å². The van der Waals surface area contributed by atoms with E-state index in [-0.39, 0.29) is 12.5 Å². The van der Waals surface area contributed by atoms with E-state index in [0.717, 1.165) is 18.9 Å². The average Bonchev–Trinajstić information content (AvgIpc) is 2.69. The van der Waals surface area contributed by atoms with E-state index >= 15 is 0 Å². The number of aliphatic hydroxyl groups excluding tert-OH is 1. The molecule has 1 rings (SSSR count). The maximum atomic E-state index is 11.1. The zero-order valence-electron chi connectivity index (χ0n) is 9.39. The molecule has 0 spiro atoms. The lowest BCUT2D eigenvalue weighted by atomic mass is 10.0. The van der Waals surface area contributed by atoms with Gasteiger partial charge in [-0.1, -0.05) is 6.58 Å². The Hall–Kier alpha value is -0.910. The first-order valence-corrected chi connectivity index (χ1v) is 5.35. The molecular weight excluding hydrogens is 212 g/mol. The third-order valence-electron chi connectivity index (χ3n) is 2.64. The molecule has 0 aromatic heterocycles. The van der Waals surface area contributed by atoms with Gasteiger partial charge in [0.15, 0.2) is 0 Å². The lowest BCUT2D eigenvalue weighted by Gasteiger charge is -2.31. The van der Waals surface area contributed by atoms with E-state index in [2.05, 4.69) is 6.58 Å². The summed E-state index contributed by atoms with van der Waals surface area (Å²) in [6.07, 6.45) is 1.36. The molecule has 3 unspecified atom stereocenters. The molecule has 0 aromatic carbocycles. The number of esters is 1. The van der Waals surface area contributed by atoms with Gasteiger partial charge in [0.1, 0.15) is 6.10 Å². The van der Waals surface area contributed by atoms with Gasteiger partial charge in [-0.3, -0.25) is 0 Å². The second-order valence-corrected chi connectivity index (χ2v) is 3.99. The third-order valence-corrected chi connectivity index (χ3v) is 2.64. The predicted octanol–water partition coefficient (Wildman–Crippen LogP) is 0.354. The Labute approximate surface area is 94.7 Å². The lowest BCUT2D eigenvalue weighted by molar-refractivity contribution is -0.251. The van der Waals surface area contributed by atoms with Crippen LogP contribution in [0.4, 0.5) is 0 Å². The first-order valence-electron chi connectivity index (χ1n) is 5.35. The molecule has 5 heteroatoms. The number of hydrogen-bond acceptors (Lipinski definition) is 5. The second kappa shape index (κ2) is 5.43. The van der Waals surface area contributed by atoms with Crippen LogP contribution >= 0.6 is 0 Å². The van der Waals surface area contributed by atoms with E-state index in [9.17, 15) is 15.0 Å². The van der Waals surface area contributed by atoms with Crippen molar-refractivity contribution in [2.75, 3.05) is 6.61 Å². The molecule has 1 heterocycles. The predicted molar refractivity (Wildman–Crippen MR) is 56.5 cm³/mol. The highest BCUT2D eigenvalue weighted by molar-refractivity contribution is 5.81. The first-order chi connectivity index (χ1) is 7.48. The van der Waals surface area contributed by atoms with Crippen molar-refractivity contribution in [3.8, 4) is 0 Å². The summed E-state index contributed by atoms with van der Waals surface area (Å²) in [6.45, 7) is 5.24. The summed E-state index contributed by atoms with van der Waals surface area (Å²) in [7, 11) is 0. The van der Waals surface area contributed by atoms with E-state index in [0.29, 0.717) is 6.61 Å². The van der Waals surface area contributed by atoms with Crippen LogP contribution in [0.1, 0.15) is 26.2 Å². The normalized spacial score (nSPS) is 25.8. The summed E-state index contributed by atoms with van der Waals surface area (Å²) < 4.78 is 10.1. The van der Waals surface area contributed by atoms with E-state index in [1.807, 2.05) is 0 Å². The van der Waals surface area contributed by atoms with Crippen molar-refractivity contribution in [2.45, 2.75) is 44.2 Å². The van der Waals surface area contributed by atoms with Crippen LogP contribution in [0.3, 0.4) is 0 Å². The van der Waals surface area contributed by atoms with Gasteiger partial charge < -0.3 is 19.7 Å². The topological polar surface area (TPSA) is 76.0 Å². The van der Waals surface area contributed by atoms with Crippen molar-refractivity contribution < 1.29 is 24.5 Å². The fourth-order valence-corrected chi connectivity index (χ4v) is 1.64. The van der Waals surface area contributed by atoms with Crippen molar-refractivity contribution in [1.29, 1.82) is 0 Å². The zero-order valence-corrected chi connectivity index (χ0v) is 9.39. The van der Waals surface area contributed by atoms with Gasteiger partial charge in [0.05, 0.1) is 6.10 Å². The molecule has 0 bridgehead atoms. The highest BCUT2D eigenvalue weighted by atomic mass is 16.7. The molecule has 2 N–H and O–H groups in total. The van der Waals surface area contributed by atoms with Crippen molar-refractivity contribution in [1.82, 2.24) is 0 Å². The monoisotopic (exact) mass is 230 g/mol. The first kappa shape index (κ1) is 13.2. The van der Waals surface area contributed by atoms with Crippen molar-refractivity contribution in [3.05, 3.63) is 12.7 Å². The van der Waals surface area contributed by atoms with Crippen LogP contribution in [-0.4, -0.2) is 40.8 Å². The molecule has 92 valence electrons. The smallest absolute Gasteiger partial charge is 0.332 e. The van der Waals surface area contributed by atoms with E-state index < -0.39 is 17.9 Å². The fraction of sp³-hybridized carbons (Fsp3) is 0.727. The zero-order chi connectivity index (χ0) is 12.2. The van der Waals surface area contributed by atoms with Crippen LogP contribution in [0.15, 0.2) is 12.7 Å². The van der Waals surface area contributed by atoms with Gasteiger partial charge >= 0.3 is 5.97 Å². The summed E-state index contributed by atoms with van der Waals surface area (Å²) in [4.78, 5) is 11.1. The molecule has 5 nitrogen and oxygen atoms in total. The molecule has 0 amide bonds. The van der Waals surface area contributed by atoms with Gasteiger partial charge in [-0.15, -0.1) is 0 Å². The minimum atomic E-state index is -1.90. The molecule has 3 atom stereocenters. The van der Waals surface area contributed by atoms with Gasteiger partial charge in [-0.05, 0) is 19.8 Å². The average molecular weight is 230 g/mol. The SMILES string of the molecule is C=CC(=O)OC(O)(CC1CCCO1)C(C)O. The maximum Gasteiger partial charge on any atom is 0.332 e. The molecule has 1 fully saturated rings. The Morgan fingerprint density at radius 2 is 2.50 bits per heavy atom. The minimum Gasteiger partial charge on any atom is -0.427 e. The van der Waals surface area contributed by atoms with Gasteiger partial charge in [-0.2, -0.15) is 0 Å². The molecule has 1 aliphatic heterocycles. The summed E-state index contributed by atoms with van der Waals surface area (Å²) in [5, 5.41) is 19.5. The summed E-state index contributed by atoms with van der Waals surface area (Å²) >= 11 is 0. The van der Waals surface area contributed by atoms with Crippen LogP contribution in [-0.2, 0) is 14.3 Å². The van der Waals surface area contributed by atoms with E-state index in [1.165, 1.54) is 6.92 Å². The maximum absolute atomic E-state index is 11.1. The van der Waals surface area contributed by atoms with Crippen molar-refractivity contribution in [3.63, 3.8) is 0 Å². The minimum absolute atomic E-state index is 0.0737. The molecule has 0 aromatic rings. The molecule has 0 radical (unpaired) electrons. The molecule has 16 heavy (non-hydrogen) atoms. The Kier molecular flexibility index (Phi) is 4.46. The van der Waals surface area contributed by atoms with Gasteiger partial charge in [0, 0.05) is 19.1 Å². The summed E-state index contributed by atoms with van der Waals surface area (Å²) in [5.41, 5.74) is 0. The number of carbonyl (C=O) groups excluding carboxylic acids is 1. The fourth-order valence-electron chi connectivity index (χ4n) is 1.64. The van der Waals surface area contributed by atoms with Crippen molar-refractivity contribution in [2.24, 2.45) is 0 Å². The standard InChI is InChI=1S/C11H18O5/c1-3-10(13)16-11(14,8(2)12)7-9-5-4-6-15-9/h3,8-9,12,14H,1,4-7H2,2H3. The molecule has 0 saturated carbocycles. The van der Waals surface area contributed by atoms with Gasteiger partial charge in [-0.25, -0.2) is 4.79 Å². The largest absolute Gasteiger partial charge is 0.427 e. The van der Waals surface area contributed by atoms with E-state index in [4.69, 9.17) is 9.47 Å². The Morgan fingerprint density at radius 3 is 2.94 bits per heavy atom. The molecular formula is C11H18O5. The Bertz CT molecular complexity index is 257. The number of hydrogen-bond donors (Lipinski definition) is 2. The van der Waals surface area contributed by atoms with Crippen LogP contribution < -0.4 is 0 Å². The van der Waals surface area contributed by atoms with Gasteiger partial charge in [0.25, 0.3) is 0 Å². The Balaban J connectivity index is 2.63. The summed E-state index contributed by atoms with van der Waals surface area (Å²) in [6, 6.07) is 0. The lowest BCUT2D eigenvalue weighted by Crippen LogP contribution is -2.47. The third kappa shape index (κ3) is 3.30. The van der Waals surface area contributed by atoms with Crippen LogP contribution in [0.2, 0.25) is 0 Å². The second-order valence-electron chi connectivity index (χ2n) is 3.99. The highest BCUT2D eigenvalue weighted by Gasteiger charge is 2.40. The number of aliphatic hydroxyl groups is 2. The number of rotatable bonds is 5. The van der Waals surface area contributed by atoms with E-state index in [1.54, 1.807) is 0 Å². The van der Waals surface area contributed by atoms with Crippen molar-refractivity contribution >= 4 is 5.97 Å². The number of carbonyl (C=O) groups is 1. The van der Waals surface area contributed by atoms with Crippen LogP contribution in [0.5, 0.6) is 0 Å². The molecule has 1 aliphatic rings. The summed E-state index contributed by atoms with van der Waals surface area (Å²) in [5.74, 6) is -2.67. The number of ether oxygens (including phenoxy) is 2. The molecule has 1 saturated heterocycles. The quantitative estimate of drug-likeness (QED) is 0.405. The Morgan fingerprint density at radius 1 is 1.81 bits per heavy atom. The van der Waals surface area contributed by atoms with Gasteiger partial charge in [0.2, 0.25) is 5.79 Å². The highest BCUT2D eigenvalue weighted by Crippen LogP contribution is 2.26. The van der Waals surface area contributed by atoms with Crippen LogP contribution in [0.25, 0.3) is 0 Å².